The van der Waals surface area contributed by atoms with Crippen molar-refractivity contribution in [2.75, 3.05) is 25.1 Å². The monoisotopic (exact) mass is 407 g/mol. The summed E-state index contributed by atoms with van der Waals surface area (Å²) in [6.07, 6.45) is 0.136. The van der Waals surface area contributed by atoms with Crippen molar-refractivity contribution >= 4 is 17.3 Å². The van der Waals surface area contributed by atoms with Crippen molar-refractivity contribution in [2.45, 2.75) is 37.6 Å². The van der Waals surface area contributed by atoms with Crippen molar-refractivity contribution in [3.8, 4) is 5.75 Å². The van der Waals surface area contributed by atoms with Gasteiger partial charge in [-0.3, -0.25) is 0 Å². The number of hydrogen-bond acceptors (Lipinski definition) is 5. The maximum Gasteiger partial charge on any atom is 0.178 e. The molecule has 3 unspecified atom stereocenters. The predicted molar refractivity (Wildman–Crippen MR) is 105 cm³/mol. The molecule has 2 aliphatic heterocycles. The summed E-state index contributed by atoms with van der Waals surface area (Å²) in [4.78, 5) is 0. The van der Waals surface area contributed by atoms with Gasteiger partial charge in [-0.25, -0.2) is 4.39 Å². The molecule has 150 valence electrons. The molecule has 2 aliphatic rings. The van der Waals surface area contributed by atoms with Crippen molar-refractivity contribution in [3.05, 3.63) is 57.9 Å². The molecule has 0 radical (unpaired) electrons. The second kappa shape index (κ2) is 8.25. The summed E-state index contributed by atoms with van der Waals surface area (Å²) in [5.74, 6) is -0.133. The number of benzene rings is 2. The van der Waals surface area contributed by atoms with Gasteiger partial charge in [0.1, 0.15) is 6.61 Å². The fourth-order valence-corrected chi connectivity index (χ4v) is 4.03. The Morgan fingerprint density at radius 2 is 2.07 bits per heavy atom. The van der Waals surface area contributed by atoms with Crippen molar-refractivity contribution in [2.24, 2.45) is 0 Å². The van der Waals surface area contributed by atoms with Gasteiger partial charge in [0, 0.05) is 24.4 Å². The molecule has 0 bridgehead atoms. The van der Waals surface area contributed by atoms with Crippen LogP contribution in [0.15, 0.2) is 30.3 Å². The SMILES string of the molecule is OCC1CC(O)CC(c2ccc(Cl)c(Cc3cc(F)c4c(c3)NCCO4)c2)O1. The van der Waals surface area contributed by atoms with Crippen LogP contribution in [0.3, 0.4) is 0 Å². The minimum Gasteiger partial charge on any atom is -0.486 e. The quantitative estimate of drug-likeness (QED) is 0.724. The zero-order valence-corrected chi connectivity index (χ0v) is 16.1. The number of nitrogens with one attached hydrogen (secondary N) is 1. The minimum atomic E-state index is -0.518. The highest BCUT2D eigenvalue weighted by atomic mass is 35.5. The molecule has 3 N–H and O–H groups in total. The van der Waals surface area contributed by atoms with Crippen LogP contribution >= 0.6 is 11.6 Å². The summed E-state index contributed by atoms with van der Waals surface area (Å²) in [5.41, 5.74) is 3.17. The van der Waals surface area contributed by atoms with Crippen LogP contribution in [-0.2, 0) is 11.2 Å². The zero-order valence-electron chi connectivity index (χ0n) is 15.3. The molecule has 2 aromatic carbocycles. The molecule has 0 saturated carbocycles. The van der Waals surface area contributed by atoms with Crippen LogP contribution < -0.4 is 10.1 Å². The lowest BCUT2D eigenvalue weighted by Gasteiger charge is -2.32. The molecule has 2 aromatic rings. The number of rotatable bonds is 4. The standard InChI is InChI=1S/C21H23ClFNO4/c22-17-2-1-13(20-10-15(26)9-16(11-25)28-20)8-14(17)5-12-6-18(23)21-19(7-12)24-3-4-27-21/h1-2,6-8,15-16,20,24-26H,3-5,9-11H2. The summed E-state index contributed by atoms with van der Waals surface area (Å²) < 4.78 is 25.6. The molecule has 0 aliphatic carbocycles. The van der Waals surface area contributed by atoms with Crippen LogP contribution in [0.25, 0.3) is 0 Å². The fraction of sp³-hybridized carbons (Fsp3) is 0.429. The van der Waals surface area contributed by atoms with E-state index in [9.17, 15) is 14.6 Å². The first-order valence-electron chi connectivity index (χ1n) is 9.45. The Kier molecular flexibility index (Phi) is 5.73. The summed E-state index contributed by atoms with van der Waals surface area (Å²) in [7, 11) is 0. The highest BCUT2D eigenvalue weighted by Crippen LogP contribution is 2.35. The first-order valence-corrected chi connectivity index (χ1v) is 9.83. The van der Waals surface area contributed by atoms with Crippen molar-refractivity contribution in [1.29, 1.82) is 0 Å². The Morgan fingerprint density at radius 3 is 2.89 bits per heavy atom. The number of anilines is 1. The van der Waals surface area contributed by atoms with Gasteiger partial charge in [-0.15, -0.1) is 0 Å². The van der Waals surface area contributed by atoms with E-state index in [1.807, 2.05) is 18.2 Å². The summed E-state index contributed by atoms with van der Waals surface area (Å²) in [6, 6.07) is 8.94. The molecule has 28 heavy (non-hydrogen) atoms. The lowest BCUT2D eigenvalue weighted by molar-refractivity contribution is -0.113. The van der Waals surface area contributed by atoms with Gasteiger partial charge in [0.25, 0.3) is 0 Å². The number of aliphatic hydroxyl groups excluding tert-OH is 2. The molecule has 1 saturated heterocycles. The Labute approximate surface area is 168 Å². The highest BCUT2D eigenvalue weighted by Gasteiger charge is 2.29. The van der Waals surface area contributed by atoms with Crippen molar-refractivity contribution in [3.63, 3.8) is 0 Å². The van der Waals surface area contributed by atoms with Gasteiger partial charge in [0.05, 0.1) is 30.6 Å². The summed E-state index contributed by atoms with van der Waals surface area (Å²) in [6.45, 7) is 0.955. The van der Waals surface area contributed by atoms with Gasteiger partial charge < -0.3 is 25.0 Å². The summed E-state index contributed by atoms with van der Waals surface area (Å²) in [5, 5.41) is 23.2. The topological polar surface area (TPSA) is 71.0 Å². The smallest absolute Gasteiger partial charge is 0.178 e. The molecule has 0 spiro atoms. The van der Waals surface area contributed by atoms with Crippen molar-refractivity contribution in [1.82, 2.24) is 0 Å². The lowest BCUT2D eigenvalue weighted by Crippen LogP contribution is -2.33. The molecule has 3 atom stereocenters. The molecular formula is C21H23ClFNO4. The number of fused-ring (bicyclic) bond motifs is 1. The van der Waals surface area contributed by atoms with E-state index in [0.29, 0.717) is 43.1 Å². The highest BCUT2D eigenvalue weighted by molar-refractivity contribution is 6.31. The molecule has 5 nitrogen and oxygen atoms in total. The van der Waals surface area contributed by atoms with Crippen LogP contribution in [0.2, 0.25) is 5.02 Å². The summed E-state index contributed by atoms with van der Waals surface area (Å²) >= 11 is 6.39. The molecule has 2 heterocycles. The van der Waals surface area contributed by atoms with E-state index in [1.54, 1.807) is 6.07 Å². The van der Waals surface area contributed by atoms with Crippen LogP contribution in [0.1, 0.15) is 35.6 Å². The Hall–Kier alpha value is -1.86. The lowest BCUT2D eigenvalue weighted by atomic mass is 9.94. The number of halogens is 2. The first kappa shape index (κ1) is 19.5. The third-order valence-corrected chi connectivity index (χ3v) is 5.55. The van der Waals surface area contributed by atoms with E-state index in [2.05, 4.69) is 5.32 Å². The second-order valence-electron chi connectivity index (χ2n) is 7.31. The van der Waals surface area contributed by atoms with Crippen LogP contribution in [0, 0.1) is 5.82 Å². The number of aliphatic hydroxyl groups is 2. The second-order valence-corrected chi connectivity index (χ2v) is 7.72. The minimum absolute atomic E-state index is 0.127. The first-order chi connectivity index (χ1) is 13.5. The van der Waals surface area contributed by atoms with Gasteiger partial charge in [-0.05, 0) is 41.3 Å². The molecule has 7 heteroatoms. The number of hydrogen-bond donors (Lipinski definition) is 3. The Balaban J connectivity index is 1.59. The van der Waals surface area contributed by atoms with Crippen LogP contribution in [0.4, 0.5) is 10.1 Å². The van der Waals surface area contributed by atoms with Crippen molar-refractivity contribution < 1.29 is 24.1 Å². The van der Waals surface area contributed by atoms with Crippen LogP contribution in [0.5, 0.6) is 5.75 Å². The van der Waals surface area contributed by atoms with Gasteiger partial charge in [0.15, 0.2) is 11.6 Å². The van der Waals surface area contributed by atoms with E-state index in [4.69, 9.17) is 21.1 Å². The van der Waals surface area contributed by atoms with Gasteiger partial charge >= 0.3 is 0 Å². The van der Waals surface area contributed by atoms with E-state index in [0.717, 1.165) is 16.7 Å². The molecule has 1 fully saturated rings. The fourth-order valence-electron chi connectivity index (χ4n) is 3.84. The van der Waals surface area contributed by atoms with Gasteiger partial charge in [-0.1, -0.05) is 23.7 Å². The normalized spacial score (nSPS) is 24.2. The maximum absolute atomic E-state index is 14.4. The molecular weight excluding hydrogens is 385 g/mol. The Bertz CT molecular complexity index is 863. The molecule has 0 amide bonds. The van der Waals surface area contributed by atoms with E-state index < -0.39 is 11.9 Å². The van der Waals surface area contributed by atoms with E-state index >= 15 is 0 Å². The van der Waals surface area contributed by atoms with E-state index in [-0.39, 0.29) is 24.6 Å². The maximum atomic E-state index is 14.4. The third kappa shape index (κ3) is 4.10. The number of ether oxygens (including phenoxy) is 2. The third-order valence-electron chi connectivity index (χ3n) is 5.18. The predicted octanol–water partition coefficient (Wildman–Crippen LogP) is 3.45. The average molecular weight is 408 g/mol. The zero-order chi connectivity index (χ0) is 19.7. The Morgan fingerprint density at radius 1 is 1.21 bits per heavy atom. The van der Waals surface area contributed by atoms with Gasteiger partial charge in [-0.2, -0.15) is 0 Å². The average Bonchev–Trinajstić information content (AvgIpc) is 2.69. The molecule has 4 rings (SSSR count). The molecule has 0 aromatic heterocycles. The van der Waals surface area contributed by atoms with E-state index in [1.165, 1.54) is 6.07 Å². The largest absolute Gasteiger partial charge is 0.486 e. The van der Waals surface area contributed by atoms with Crippen LogP contribution in [-0.4, -0.2) is 42.2 Å². The van der Waals surface area contributed by atoms with Gasteiger partial charge in [0.2, 0.25) is 0 Å².